The number of sulfonamides is 1. The molecule has 0 spiro atoms. The molecule has 0 saturated carbocycles. The largest absolute Gasteiger partial charge is 0.459 e. The van der Waals surface area contributed by atoms with E-state index in [4.69, 9.17) is 4.74 Å². The van der Waals surface area contributed by atoms with Crippen molar-refractivity contribution >= 4 is 49.4 Å². The highest BCUT2D eigenvalue weighted by molar-refractivity contribution is 7.89. The molecule has 1 atom stereocenters. The number of aryl methyl sites for hydroxylation is 1. The van der Waals surface area contributed by atoms with Gasteiger partial charge in [-0.15, -0.1) is 0 Å². The van der Waals surface area contributed by atoms with Crippen LogP contribution in [0, 0.1) is 0 Å². The Morgan fingerprint density at radius 1 is 0.956 bits per heavy atom. The van der Waals surface area contributed by atoms with E-state index < -0.39 is 33.5 Å². The predicted molar refractivity (Wildman–Crippen MR) is 173 cm³/mol. The van der Waals surface area contributed by atoms with Crippen LogP contribution in [0.2, 0.25) is 0 Å². The minimum absolute atomic E-state index is 0.0236. The van der Waals surface area contributed by atoms with Crippen molar-refractivity contribution < 1.29 is 22.7 Å². The van der Waals surface area contributed by atoms with Crippen molar-refractivity contribution in [2.75, 3.05) is 18.4 Å². The second-order valence-electron chi connectivity index (χ2n) is 11.5. The van der Waals surface area contributed by atoms with Crippen molar-refractivity contribution in [1.29, 1.82) is 0 Å². The van der Waals surface area contributed by atoms with Gasteiger partial charge in [0.2, 0.25) is 10.0 Å². The summed E-state index contributed by atoms with van der Waals surface area (Å²) in [6.45, 7) is 6.13. The molecule has 0 bridgehead atoms. The molecule has 234 valence electrons. The van der Waals surface area contributed by atoms with Gasteiger partial charge in [-0.3, -0.25) is 14.3 Å². The molecule has 0 aliphatic rings. The lowest BCUT2D eigenvalue weighted by atomic mass is 10.1. The lowest BCUT2D eigenvalue weighted by molar-refractivity contribution is -0.156. The van der Waals surface area contributed by atoms with Crippen molar-refractivity contribution in [3.8, 4) is 0 Å². The van der Waals surface area contributed by atoms with E-state index in [-0.39, 0.29) is 11.4 Å². The highest BCUT2D eigenvalue weighted by Crippen LogP contribution is 2.23. The van der Waals surface area contributed by atoms with Gasteiger partial charge in [-0.2, -0.15) is 9.82 Å². The number of amides is 1. The lowest BCUT2D eigenvalue weighted by Gasteiger charge is -2.25. The fourth-order valence-corrected chi connectivity index (χ4v) is 6.26. The van der Waals surface area contributed by atoms with Crippen LogP contribution < -0.4 is 15.4 Å². The SMILES string of the molecule is CC(C)(C)OC(=O)C(CNC(=O)c1ccc2c(cnn2CCCNc2ccccn2)c1)NS(=O)(=O)c1cccc2ccccc12. The van der Waals surface area contributed by atoms with E-state index in [1.807, 2.05) is 35.0 Å². The van der Waals surface area contributed by atoms with E-state index in [1.165, 1.54) is 6.07 Å². The molecular formula is C33H36N6O5S. The number of pyridine rings is 1. The molecule has 0 radical (unpaired) electrons. The number of esters is 1. The van der Waals surface area contributed by atoms with Crippen molar-refractivity contribution in [3.63, 3.8) is 0 Å². The third-order valence-corrected chi connectivity index (χ3v) is 8.45. The standard InChI is InChI=1S/C33H36N6O5S/c1-33(2,3)44-32(41)27(38-45(42,43)29-13-8-11-23-10-4-5-12-26(23)29)22-36-31(40)24-15-16-28-25(20-24)21-37-39(28)19-9-18-35-30-14-6-7-17-34-30/h4-8,10-17,20-21,27,38H,9,18-19,22H2,1-3H3,(H,34,35)(H,36,40). The molecule has 11 nitrogen and oxygen atoms in total. The zero-order valence-electron chi connectivity index (χ0n) is 25.4. The zero-order valence-corrected chi connectivity index (χ0v) is 26.2. The van der Waals surface area contributed by atoms with Gasteiger partial charge in [0.15, 0.2) is 0 Å². The van der Waals surface area contributed by atoms with Gasteiger partial charge < -0.3 is 15.4 Å². The molecule has 0 aliphatic heterocycles. The zero-order chi connectivity index (χ0) is 32.0. The number of carbonyl (C=O) groups is 2. The monoisotopic (exact) mass is 628 g/mol. The molecule has 3 aromatic carbocycles. The molecule has 1 amide bonds. The van der Waals surface area contributed by atoms with Gasteiger partial charge in [-0.05, 0) is 69.0 Å². The van der Waals surface area contributed by atoms with E-state index in [9.17, 15) is 18.0 Å². The van der Waals surface area contributed by atoms with Gasteiger partial charge in [0.1, 0.15) is 17.5 Å². The van der Waals surface area contributed by atoms with E-state index in [1.54, 1.807) is 75.6 Å². The highest BCUT2D eigenvalue weighted by Gasteiger charge is 2.31. The first-order chi connectivity index (χ1) is 21.5. The molecular weight excluding hydrogens is 592 g/mol. The van der Waals surface area contributed by atoms with Crippen molar-refractivity contribution in [3.05, 3.63) is 96.8 Å². The number of carbonyl (C=O) groups excluding carboxylic acids is 2. The number of fused-ring (bicyclic) bond motifs is 2. The summed E-state index contributed by atoms with van der Waals surface area (Å²) in [7, 11) is -4.17. The average molecular weight is 629 g/mol. The van der Waals surface area contributed by atoms with Crippen LogP contribution in [0.5, 0.6) is 0 Å². The molecule has 45 heavy (non-hydrogen) atoms. The molecule has 0 aliphatic carbocycles. The van der Waals surface area contributed by atoms with Crippen LogP contribution in [0.15, 0.2) is 96.2 Å². The third-order valence-electron chi connectivity index (χ3n) is 6.92. The Hall–Kier alpha value is -4.81. The van der Waals surface area contributed by atoms with E-state index in [0.717, 1.165) is 35.1 Å². The van der Waals surface area contributed by atoms with Crippen LogP contribution in [0.3, 0.4) is 0 Å². The van der Waals surface area contributed by atoms with Crippen molar-refractivity contribution in [2.24, 2.45) is 0 Å². The quantitative estimate of drug-likeness (QED) is 0.135. The predicted octanol–water partition coefficient (Wildman–Crippen LogP) is 4.51. The lowest BCUT2D eigenvalue weighted by Crippen LogP contribution is -2.50. The molecule has 2 heterocycles. The average Bonchev–Trinajstić information content (AvgIpc) is 3.42. The van der Waals surface area contributed by atoms with Crippen LogP contribution in [0.4, 0.5) is 5.82 Å². The number of rotatable bonds is 12. The number of benzene rings is 3. The Morgan fingerprint density at radius 2 is 1.73 bits per heavy atom. The summed E-state index contributed by atoms with van der Waals surface area (Å²) in [5, 5.41) is 12.5. The number of nitrogens with zero attached hydrogens (tertiary/aromatic N) is 3. The summed E-state index contributed by atoms with van der Waals surface area (Å²) < 4.78 is 36.8. The fraction of sp³-hybridized carbons (Fsp3) is 0.273. The summed E-state index contributed by atoms with van der Waals surface area (Å²) in [6.07, 6.45) is 4.25. The minimum Gasteiger partial charge on any atom is -0.459 e. The van der Waals surface area contributed by atoms with Gasteiger partial charge in [0.05, 0.1) is 16.6 Å². The van der Waals surface area contributed by atoms with Crippen LogP contribution in [-0.2, 0) is 26.1 Å². The summed E-state index contributed by atoms with van der Waals surface area (Å²) >= 11 is 0. The van der Waals surface area contributed by atoms with Crippen LogP contribution >= 0.6 is 0 Å². The first kappa shape index (κ1) is 31.6. The Bertz CT molecular complexity index is 1910. The Balaban J connectivity index is 1.26. The Morgan fingerprint density at radius 3 is 2.51 bits per heavy atom. The second-order valence-corrected chi connectivity index (χ2v) is 13.2. The summed E-state index contributed by atoms with van der Waals surface area (Å²) in [6, 6.07) is 21.5. The fourth-order valence-electron chi connectivity index (χ4n) is 4.84. The maximum Gasteiger partial charge on any atom is 0.326 e. The third kappa shape index (κ3) is 8.02. The van der Waals surface area contributed by atoms with Crippen LogP contribution in [-0.4, -0.2) is 59.8 Å². The maximum atomic E-state index is 13.5. The normalized spacial score (nSPS) is 12.6. The van der Waals surface area contributed by atoms with Gasteiger partial charge in [-0.1, -0.05) is 42.5 Å². The van der Waals surface area contributed by atoms with E-state index in [0.29, 0.717) is 17.5 Å². The summed E-state index contributed by atoms with van der Waals surface area (Å²) in [4.78, 5) is 30.6. The number of hydrogen-bond donors (Lipinski definition) is 3. The maximum absolute atomic E-state index is 13.5. The Labute approximate surface area is 262 Å². The molecule has 12 heteroatoms. The summed E-state index contributed by atoms with van der Waals surface area (Å²) in [5.74, 6) is -0.461. The van der Waals surface area contributed by atoms with Crippen molar-refractivity contribution in [1.82, 2.24) is 24.8 Å². The minimum atomic E-state index is -4.17. The first-order valence-corrected chi connectivity index (χ1v) is 16.1. The number of hydrogen-bond acceptors (Lipinski definition) is 8. The Kier molecular flexibility index (Phi) is 9.45. The number of ether oxygens (including phenoxy) is 1. The molecule has 1 unspecified atom stereocenters. The molecule has 2 aromatic heterocycles. The van der Waals surface area contributed by atoms with Crippen LogP contribution in [0.1, 0.15) is 37.6 Å². The topological polar surface area (TPSA) is 144 Å². The molecule has 5 aromatic rings. The van der Waals surface area contributed by atoms with Crippen LogP contribution in [0.25, 0.3) is 21.7 Å². The molecule has 0 saturated heterocycles. The number of aromatic nitrogens is 3. The molecule has 5 rings (SSSR count). The van der Waals surface area contributed by atoms with Gasteiger partial charge in [-0.25, -0.2) is 13.4 Å². The highest BCUT2D eigenvalue weighted by atomic mass is 32.2. The van der Waals surface area contributed by atoms with Crippen molar-refractivity contribution in [2.45, 2.75) is 50.3 Å². The summed E-state index contributed by atoms with van der Waals surface area (Å²) in [5.41, 5.74) is 0.349. The van der Waals surface area contributed by atoms with Gasteiger partial charge in [0.25, 0.3) is 5.91 Å². The van der Waals surface area contributed by atoms with E-state index in [2.05, 4.69) is 25.4 Å². The van der Waals surface area contributed by atoms with Gasteiger partial charge in [0, 0.05) is 42.2 Å². The van der Waals surface area contributed by atoms with Gasteiger partial charge >= 0.3 is 5.97 Å². The van der Waals surface area contributed by atoms with E-state index >= 15 is 0 Å². The first-order valence-electron chi connectivity index (χ1n) is 14.6. The second kappa shape index (κ2) is 13.4. The smallest absolute Gasteiger partial charge is 0.326 e. The number of anilines is 1. The number of nitrogens with one attached hydrogen (secondary N) is 3. The molecule has 0 fully saturated rings. The molecule has 3 N–H and O–H groups in total.